The first-order valence-electron chi connectivity index (χ1n) is 2.05. The number of aromatic nitrogens is 2. The molecule has 2 nitrogen and oxygen atoms in total. The van der Waals surface area contributed by atoms with E-state index in [-0.39, 0.29) is 0 Å². The van der Waals surface area contributed by atoms with Crippen LogP contribution in [0.5, 0.6) is 0 Å². The zero-order valence-electron chi connectivity index (χ0n) is 4.23. The Labute approximate surface area is 69.5 Å². The second-order valence-electron chi connectivity index (χ2n) is 1.44. The molecule has 1 aromatic rings. The number of rotatable bonds is 0. The van der Waals surface area contributed by atoms with Crippen molar-refractivity contribution in [3.63, 3.8) is 0 Å². The minimum atomic E-state index is 1.00. The fourth-order valence-electron chi connectivity index (χ4n) is 0.432. The molecular formula is C4H4BrIN2. The number of nitrogens with zero attached hydrogens (tertiary/aromatic N) is 2. The summed E-state index contributed by atoms with van der Waals surface area (Å²) in [6.45, 7) is 0. The van der Waals surface area contributed by atoms with Crippen LogP contribution in [0.3, 0.4) is 0 Å². The van der Waals surface area contributed by atoms with Crippen molar-refractivity contribution in [3.8, 4) is 0 Å². The molecule has 1 rings (SSSR count). The van der Waals surface area contributed by atoms with Gasteiger partial charge in [-0.15, -0.1) is 0 Å². The van der Waals surface area contributed by atoms with E-state index in [0.717, 1.165) is 8.17 Å². The third-order valence-electron chi connectivity index (χ3n) is 0.743. The summed E-state index contributed by atoms with van der Waals surface area (Å²) >= 11 is 5.49. The molecular weight excluding hydrogens is 283 g/mol. The van der Waals surface area contributed by atoms with Crippen LogP contribution in [0, 0.1) is 3.70 Å². The summed E-state index contributed by atoms with van der Waals surface area (Å²) in [5.74, 6) is 0. The molecule has 44 valence electrons. The molecule has 0 bridgehead atoms. The zero-order chi connectivity index (χ0) is 6.15. The van der Waals surface area contributed by atoms with E-state index in [1.165, 1.54) is 0 Å². The summed E-state index contributed by atoms with van der Waals surface area (Å²) < 4.78 is 3.83. The predicted molar refractivity (Wildman–Crippen MR) is 43.6 cm³/mol. The molecule has 0 fully saturated rings. The molecule has 0 amide bonds. The van der Waals surface area contributed by atoms with Crippen molar-refractivity contribution in [2.24, 2.45) is 7.05 Å². The lowest BCUT2D eigenvalue weighted by Crippen LogP contribution is -1.85. The molecule has 0 N–H and O–H groups in total. The summed E-state index contributed by atoms with van der Waals surface area (Å²) in [7, 11) is 1.90. The van der Waals surface area contributed by atoms with Crippen LogP contribution in [0.1, 0.15) is 0 Å². The van der Waals surface area contributed by atoms with Gasteiger partial charge in [0.25, 0.3) is 0 Å². The van der Waals surface area contributed by atoms with Gasteiger partial charge in [0.05, 0.1) is 4.47 Å². The summed E-state index contributed by atoms with van der Waals surface area (Å²) in [5, 5.41) is 4.07. The minimum Gasteiger partial charge on any atom is -0.274 e. The third kappa shape index (κ3) is 1.22. The molecule has 0 aliphatic carbocycles. The molecule has 0 aliphatic rings. The molecule has 0 saturated heterocycles. The monoisotopic (exact) mass is 286 g/mol. The quantitative estimate of drug-likeness (QED) is 0.665. The average molecular weight is 287 g/mol. The molecule has 0 aromatic carbocycles. The van der Waals surface area contributed by atoms with E-state index < -0.39 is 0 Å². The number of halogens is 2. The van der Waals surface area contributed by atoms with Crippen molar-refractivity contribution < 1.29 is 0 Å². The van der Waals surface area contributed by atoms with Crippen LogP contribution >= 0.6 is 38.5 Å². The van der Waals surface area contributed by atoms with Crippen LogP contribution in [-0.2, 0) is 7.05 Å². The Hall–Kier alpha value is 0.420. The highest BCUT2D eigenvalue weighted by molar-refractivity contribution is 14.1. The van der Waals surface area contributed by atoms with Crippen molar-refractivity contribution in [1.29, 1.82) is 0 Å². The maximum atomic E-state index is 4.07. The van der Waals surface area contributed by atoms with E-state index in [4.69, 9.17) is 0 Å². The number of aryl methyl sites for hydroxylation is 1. The fourth-order valence-corrected chi connectivity index (χ4v) is 1.29. The Morgan fingerprint density at radius 3 is 2.62 bits per heavy atom. The minimum absolute atomic E-state index is 1.00. The molecule has 4 heteroatoms. The first-order chi connectivity index (χ1) is 3.70. The highest BCUT2D eigenvalue weighted by atomic mass is 127. The van der Waals surface area contributed by atoms with Gasteiger partial charge in [0, 0.05) is 13.2 Å². The normalized spacial score (nSPS) is 9.88. The second kappa shape index (κ2) is 2.34. The molecule has 0 aliphatic heterocycles. The largest absolute Gasteiger partial charge is 0.274 e. The summed E-state index contributed by atoms with van der Waals surface area (Å²) in [4.78, 5) is 0. The first kappa shape index (κ1) is 6.54. The van der Waals surface area contributed by atoms with Crippen molar-refractivity contribution >= 4 is 38.5 Å². The second-order valence-corrected chi connectivity index (χ2v) is 3.32. The first-order valence-corrected chi connectivity index (χ1v) is 3.92. The van der Waals surface area contributed by atoms with E-state index in [0.29, 0.717) is 0 Å². The molecule has 8 heavy (non-hydrogen) atoms. The van der Waals surface area contributed by atoms with Crippen LogP contribution in [0.2, 0.25) is 0 Å². The Morgan fingerprint density at radius 1 is 1.88 bits per heavy atom. The molecule has 0 radical (unpaired) electrons. The standard InChI is InChI=1S/C4H4BrIN2/c1-8-2-3(5)4(6)7-8/h2H,1H3. The van der Waals surface area contributed by atoms with E-state index in [2.05, 4.69) is 43.6 Å². The lowest BCUT2D eigenvalue weighted by Gasteiger charge is -1.78. The van der Waals surface area contributed by atoms with Crippen LogP contribution in [0.4, 0.5) is 0 Å². The molecule has 0 spiro atoms. The lowest BCUT2D eigenvalue weighted by molar-refractivity contribution is 0.759. The Kier molecular flexibility index (Phi) is 1.92. The van der Waals surface area contributed by atoms with Crippen LogP contribution in [0.15, 0.2) is 10.7 Å². The zero-order valence-corrected chi connectivity index (χ0v) is 7.97. The third-order valence-corrected chi connectivity index (χ3v) is 2.86. The van der Waals surface area contributed by atoms with Crippen molar-refractivity contribution in [3.05, 3.63) is 14.4 Å². The highest BCUT2D eigenvalue weighted by Crippen LogP contribution is 2.15. The molecule has 1 aromatic heterocycles. The maximum Gasteiger partial charge on any atom is 0.137 e. The highest BCUT2D eigenvalue weighted by Gasteiger charge is 1.96. The smallest absolute Gasteiger partial charge is 0.137 e. The summed E-state index contributed by atoms with van der Waals surface area (Å²) in [5.41, 5.74) is 0. The van der Waals surface area contributed by atoms with Crippen LogP contribution in [-0.4, -0.2) is 9.78 Å². The number of hydrogen-bond acceptors (Lipinski definition) is 1. The Balaban J connectivity index is 3.14. The van der Waals surface area contributed by atoms with Gasteiger partial charge in [0.2, 0.25) is 0 Å². The van der Waals surface area contributed by atoms with Crippen molar-refractivity contribution in [2.75, 3.05) is 0 Å². The van der Waals surface area contributed by atoms with Gasteiger partial charge < -0.3 is 0 Å². The predicted octanol–water partition coefficient (Wildman–Crippen LogP) is 1.79. The van der Waals surface area contributed by atoms with Crippen LogP contribution < -0.4 is 0 Å². The van der Waals surface area contributed by atoms with Gasteiger partial charge in [-0.3, -0.25) is 4.68 Å². The molecule has 0 unspecified atom stereocenters. The van der Waals surface area contributed by atoms with E-state index in [9.17, 15) is 0 Å². The van der Waals surface area contributed by atoms with E-state index in [1.54, 1.807) is 4.68 Å². The Morgan fingerprint density at radius 2 is 2.50 bits per heavy atom. The van der Waals surface area contributed by atoms with E-state index >= 15 is 0 Å². The summed E-state index contributed by atoms with van der Waals surface area (Å²) in [6.07, 6.45) is 1.92. The molecule has 0 atom stereocenters. The average Bonchev–Trinajstić information content (AvgIpc) is 1.85. The summed E-state index contributed by atoms with van der Waals surface area (Å²) in [6, 6.07) is 0. The fraction of sp³-hybridized carbons (Fsp3) is 0.250. The van der Waals surface area contributed by atoms with Gasteiger partial charge in [0.1, 0.15) is 3.70 Å². The van der Waals surface area contributed by atoms with Crippen molar-refractivity contribution in [2.45, 2.75) is 0 Å². The van der Waals surface area contributed by atoms with Gasteiger partial charge >= 0.3 is 0 Å². The SMILES string of the molecule is Cn1cc(Br)c(I)n1. The lowest BCUT2D eigenvalue weighted by atomic mass is 10.8. The maximum absolute atomic E-state index is 4.07. The van der Waals surface area contributed by atoms with E-state index in [1.807, 2.05) is 13.2 Å². The van der Waals surface area contributed by atoms with Gasteiger partial charge in [0.15, 0.2) is 0 Å². The van der Waals surface area contributed by atoms with Gasteiger partial charge in [-0.2, -0.15) is 5.10 Å². The molecule has 0 saturated carbocycles. The molecule has 1 heterocycles. The topological polar surface area (TPSA) is 17.8 Å². The number of hydrogen-bond donors (Lipinski definition) is 0. The Bertz CT molecular complexity index is 176. The van der Waals surface area contributed by atoms with Crippen molar-refractivity contribution in [1.82, 2.24) is 9.78 Å². The van der Waals surface area contributed by atoms with Crippen LogP contribution in [0.25, 0.3) is 0 Å². The van der Waals surface area contributed by atoms with Gasteiger partial charge in [-0.1, -0.05) is 0 Å². The van der Waals surface area contributed by atoms with Gasteiger partial charge in [-0.25, -0.2) is 0 Å². The van der Waals surface area contributed by atoms with Gasteiger partial charge in [-0.05, 0) is 38.5 Å².